The number of ether oxygens (including phenoxy) is 11. The van der Waals surface area contributed by atoms with E-state index in [0.29, 0.717) is 119 Å². The number of halogens is 1. The number of para-hydroxylation sites is 2. The number of esters is 1. The molecule has 2 saturated heterocycles. The highest BCUT2D eigenvalue weighted by Gasteiger charge is 2.39. The molecule has 6 aromatic rings. The second-order valence-corrected chi connectivity index (χ2v) is 22.1. The van der Waals surface area contributed by atoms with E-state index in [4.69, 9.17) is 57.2 Å². The predicted molar refractivity (Wildman–Crippen MR) is 346 cm³/mol. The fourth-order valence-corrected chi connectivity index (χ4v) is 11.2. The molecule has 3 heterocycles. The number of aryl methyl sites for hydroxylation is 1. The minimum atomic E-state index is -1.02. The number of anilines is 1. The summed E-state index contributed by atoms with van der Waals surface area (Å²) in [5.41, 5.74) is 4.42. The molecule has 2 aliphatic rings. The molecule has 0 radical (unpaired) electrons. The first-order chi connectivity index (χ1) is 46.2. The average Bonchev–Trinajstić information content (AvgIpc) is 1.61. The molecule has 0 aliphatic carbocycles. The fraction of sp³-hybridized carbons (Fsp3) is 0.435. The maximum absolute atomic E-state index is 14.6. The molecular formula is C69H84FN7O18. The molecule has 1 aromatic heterocycles. The summed E-state index contributed by atoms with van der Waals surface area (Å²) in [6.07, 6.45) is 3.91. The number of nitrogens with one attached hydrogen (secondary N) is 3. The van der Waals surface area contributed by atoms with Crippen LogP contribution in [0.25, 0.3) is 16.9 Å². The van der Waals surface area contributed by atoms with Gasteiger partial charge in [-0.05, 0) is 128 Å². The molecule has 5 aromatic carbocycles. The van der Waals surface area contributed by atoms with Crippen molar-refractivity contribution in [2.75, 3.05) is 126 Å². The number of carbonyl (C=O) groups is 6. The fourth-order valence-electron chi connectivity index (χ4n) is 11.2. The molecule has 1 unspecified atom stereocenters. The predicted octanol–water partition coefficient (Wildman–Crippen LogP) is 7.37. The monoisotopic (exact) mass is 1320 g/mol. The van der Waals surface area contributed by atoms with Crippen molar-refractivity contribution < 1.29 is 90.4 Å². The lowest BCUT2D eigenvalue weighted by Crippen LogP contribution is -2.50. The largest absolute Gasteiger partial charge is 0.493 e. The second kappa shape index (κ2) is 36.4. The van der Waals surface area contributed by atoms with Crippen LogP contribution in [0.15, 0.2) is 109 Å². The van der Waals surface area contributed by atoms with Crippen molar-refractivity contribution in [3.63, 3.8) is 0 Å². The van der Waals surface area contributed by atoms with E-state index in [1.807, 2.05) is 31.2 Å². The summed E-state index contributed by atoms with van der Waals surface area (Å²) in [6, 6.07) is 26.3. The zero-order valence-corrected chi connectivity index (χ0v) is 54.4. The van der Waals surface area contributed by atoms with E-state index in [1.165, 1.54) is 55.2 Å². The standard InChI is InChI=1S/C69H84FN7O18/c1-7-51(48-41-59(87-4)65(89-6)60(42-48)88-5)67(82)76-28-11-10-16-54(76)68(83)95-55(24-18-45-19-25-57(85-2)58(39-45)86-3)47-13-12-14-50(40-47)75(62(80)44-78)29-32-91-34-36-93-38-37-92-35-33-90-30-26-61(79)71-27-31-94-56-17-9-8-15-53(56)77-43-52(64-66(81)73-69(84)72-64)63(74-77)46-20-22-49(70)23-21-46/h8-9,12-15,17,19-23,25,39-43,51,54-55,64,78H,7,10-11,16,18,24,26-38,44H2,1-6H3,(H,71,79)(H2,72,73,81,84)/t51-,54-,55-,64?/m0/s1. The highest BCUT2D eigenvalue weighted by molar-refractivity contribution is 6.05. The molecule has 0 bridgehead atoms. The van der Waals surface area contributed by atoms with Crippen molar-refractivity contribution in [1.82, 2.24) is 30.6 Å². The number of aliphatic hydroxyl groups is 1. The highest BCUT2D eigenvalue weighted by atomic mass is 19.1. The molecule has 25 nitrogen and oxygen atoms in total. The van der Waals surface area contributed by atoms with Crippen LogP contribution in [-0.2, 0) is 54.1 Å². The van der Waals surface area contributed by atoms with Crippen LogP contribution in [0.3, 0.4) is 0 Å². The number of nitrogens with zero attached hydrogens (tertiary/aromatic N) is 4. The average molecular weight is 1320 g/mol. The molecule has 4 atom stereocenters. The Morgan fingerprint density at radius 2 is 1.41 bits per heavy atom. The summed E-state index contributed by atoms with van der Waals surface area (Å²) < 4.78 is 78.4. The third-order valence-electron chi connectivity index (χ3n) is 16.0. The molecule has 0 saturated carbocycles. The number of imide groups is 1. The third-order valence-corrected chi connectivity index (χ3v) is 16.0. The minimum absolute atomic E-state index is 0.0878. The second-order valence-electron chi connectivity index (χ2n) is 22.1. The zero-order chi connectivity index (χ0) is 67.6. The van der Waals surface area contributed by atoms with Gasteiger partial charge in [-0.3, -0.25) is 24.5 Å². The highest BCUT2D eigenvalue weighted by Crippen LogP contribution is 2.42. The van der Waals surface area contributed by atoms with Gasteiger partial charge in [-0.2, -0.15) is 5.10 Å². The van der Waals surface area contributed by atoms with Crippen LogP contribution in [0.4, 0.5) is 14.9 Å². The number of aromatic nitrogens is 2. The Bertz CT molecular complexity index is 3510. The number of rotatable bonds is 38. The van der Waals surface area contributed by atoms with Crippen LogP contribution in [0.1, 0.15) is 85.8 Å². The van der Waals surface area contributed by atoms with Crippen LogP contribution in [0, 0.1) is 5.82 Å². The van der Waals surface area contributed by atoms with Gasteiger partial charge in [0, 0.05) is 42.5 Å². The van der Waals surface area contributed by atoms with E-state index in [9.17, 15) is 38.3 Å². The van der Waals surface area contributed by atoms with Crippen molar-refractivity contribution in [3.05, 3.63) is 137 Å². The van der Waals surface area contributed by atoms with E-state index >= 15 is 0 Å². The molecule has 6 amide bonds. The summed E-state index contributed by atoms with van der Waals surface area (Å²) in [5, 5.41) is 22.4. The third kappa shape index (κ3) is 19.4. The number of hydrogen-bond donors (Lipinski definition) is 4. The minimum Gasteiger partial charge on any atom is -0.493 e. The van der Waals surface area contributed by atoms with Gasteiger partial charge >= 0.3 is 12.0 Å². The van der Waals surface area contributed by atoms with Crippen LogP contribution in [0.2, 0.25) is 0 Å². The smallest absolute Gasteiger partial charge is 0.329 e. The van der Waals surface area contributed by atoms with Crippen molar-refractivity contribution in [2.45, 2.75) is 76.0 Å². The van der Waals surface area contributed by atoms with E-state index in [-0.39, 0.29) is 90.8 Å². The van der Waals surface area contributed by atoms with Gasteiger partial charge in [0.15, 0.2) is 23.0 Å². The number of carbonyl (C=O) groups excluding carboxylic acids is 6. The zero-order valence-electron chi connectivity index (χ0n) is 54.4. The first kappa shape index (κ1) is 71.5. The number of hydrogen-bond acceptors (Lipinski definition) is 19. The van der Waals surface area contributed by atoms with Crippen LogP contribution in [0.5, 0.6) is 34.5 Å². The molecular weight excluding hydrogens is 1230 g/mol. The van der Waals surface area contributed by atoms with E-state index in [2.05, 4.69) is 16.0 Å². The van der Waals surface area contributed by atoms with E-state index in [1.54, 1.807) is 79.9 Å². The number of urea groups is 1. The van der Waals surface area contributed by atoms with Gasteiger partial charge in [-0.1, -0.05) is 37.3 Å². The summed E-state index contributed by atoms with van der Waals surface area (Å²) in [5.74, 6) is -0.442. The first-order valence-corrected chi connectivity index (χ1v) is 31.5. The molecule has 2 fully saturated rings. The molecule has 8 rings (SSSR count). The number of methoxy groups -OCH3 is 5. The Hall–Kier alpha value is -9.34. The normalized spacial score (nSPS) is 15.1. The SMILES string of the molecule is CC[C@H](C(=O)N1CCCC[C@H]1C(=O)O[C@@H](CCc1ccc(OC)c(OC)c1)c1cccc(N(CCOCCOCCOCCOCCC(=O)NCCOc2ccccc2-n2cc(C3NC(=O)NC3=O)c(-c3ccc(F)cc3)n2)C(=O)CO)c1)c1cc(OC)c(OC)c(OC)c1. The Labute approximate surface area is 551 Å². The van der Waals surface area contributed by atoms with Gasteiger partial charge in [-0.15, -0.1) is 0 Å². The molecule has 26 heteroatoms. The van der Waals surface area contributed by atoms with Gasteiger partial charge < -0.3 is 77.6 Å². The molecule has 510 valence electrons. The molecule has 4 N–H and O–H groups in total. The van der Waals surface area contributed by atoms with Crippen LogP contribution in [-0.4, -0.2) is 183 Å². The Morgan fingerprint density at radius 1 is 0.726 bits per heavy atom. The number of benzene rings is 5. The van der Waals surface area contributed by atoms with E-state index in [0.717, 1.165) is 5.56 Å². The van der Waals surface area contributed by atoms with Crippen molar-refractivity contribution in [3.8, 4) is 51.4 Å². The number of piperidine rings is 1. The Kier molecular flexibility index (Phi) is 27.4. The molecule has 0 spiro atoms. The van der Waals surface area contributed by atoms with Gasteiger partial charge in [0.2, 0.25) is 17.6 Å². The molecule has 95 heavy (non-hydrogen) atoms. The maximum atomic E-state index is 14.6. The summed E-state index contributed by atoms with van der Waals surface area (Å²) in [4.78, 5) is 82.9. The summed E-state index contributed by atoms with van der Waals surface area (Å²) in [6.45, 7) is 3.72. The lowest BCUT2D eigenvalue weighted by molar-refractivity contribution is -0.162. The Morgan fingerprint density at radius 3 is 2.06 bits per heavy atom. The Balaban J connectivity index is 0.758. The van der Waals surface area contributed by atoms with Crippen molar-refractivity contribution >= 4 is 41.3 Å². The molecule has 2 aliphatic heterocycles. The first-order valence-electron chi connectivity index (χ1n) is 31.5. The summed E-state index contributed by atoms with van der Waals surface area (Å²) >= 11 is 0. The number of amides is 6. The number of likely N-dealkylation sites (tertiary alicyclic amines) is 1. The maximum Gasteiger partial charge on any atom is 0.329 e. The van der Waals surface area contributed by atoms with Crippen LogP contribution < -0.4 is 49.3 Å². The van der Waals surface area contributed by atoms with Gasteiger partial charge in [0.05, 0.1) is 107 Å². The van der Waals surface area contributed by atoms with E-state index < -0.39 is 60.3 Å². The topological polar surface area (TPSA) is 285 Å². The van der Waals surface area contributed by atoms with Crippen molar-refractivity contribution in [1.29, 1.82) is 0 Å². The van der Waals surface area contributed by atoms with Gasteiger partial charge in [-0.25, -0.2) is 18.7 Å². The lowest BCUT2D eigenvalue weighted by Gasteiger charge is -2.37. The van der Waals surface area contributed by atoms with Crippen molar-refractivity contribution in [2.24, 2.45) is 0 Å². The van der Waals surface area contributed by atoms with Gasteiger partial charge in [0.1, 0.15) is 48.7 Å². The lowest BCUT2D eigenvalue weighted by atomic mass is 9.91. The summed E-state index contributed by atoms with van der Waals surface area (Å²) in [7, 11) is 7.65. The van der Waals surface area contributed by atoms with Gasteiger partial charge in [0.25, 0.3) is 11.8 Å². The van der Waals surface area contributed by atoms with Crippen LogP contribution >= 0.6 is 0 Å². The quantitative estimate of drug-likeness (QED) is 0.0167. The number of aliphatic hydroxyl groups excluding tert-OH is 1.